The molecule has 1 aromatic heterocycles. The number of amides is 1. The predicted octanol–water partition coefficient (Wildman–Crippen LogP) is 12.7. The zero-order chi connectivity index (χ0) is 50.2. The molecule has 0 atom stereocenters. The first-order valence-electron chi connectivity index (χ1n) is 21.0. The van der Waals surface area contributed by atoms with Crippen molar-refractivity contribution in [3.63, 3.8) is 0 Å². The quantitative estimate of drug-likeness (QED) is 0.0595. The van der Waals surface area contributed by atoms with Gasteiger partial charge in [0.25, 0.3) is 17.1 Å². The summed E-state index contributed by atoms with van der Waals surface area (Å²) in [4.78, 5) is 44.5. The molecule has 6 aromatic rings. The monoisotopic (exact) mass is 889 g/mol. The molecule has 0 spiro atoms. The molecule has 64 heavy (non-hydrogen) atoms. The molecule has 0 saturated heterocycles. The second-order valence-electron chi connectivity index (χ2n) is 10.8. The minimum Gasteiger partial charge on any atom is -0.397 e. The van der Waals surface area contributed by atoms with Crippen LogP contribution in [0.2, 0.25) is 0 Å². The number of nitrogens with two attached hydrogens (primary N) is 2. The summed E-state index contributed by atoms with van der Waals surface area (Å²) in [6.07, 6.45) is 0. The molecule has 0 fully saturated rings. The molecule has 1 amide bonds. The Morgan fingerprint density at radius 2 is 0.875 bits per heavy atom. The average Bonchev–Trinajstić information content (AvgIpc) is 3.62. The Morgan fingerprint density at radius 3 is 1.22 bits per heavy atom. The number of carbonyl (C=O) groups is 1. The predicted molar refractivity (Wildman–Crippen MR) is 270 cm³/mol. The second kappa shape index (κ2) is 39.6. The van der Waals surface area contributed by atoms with Crippen molar-refractivity contribution < 1.29 is 19.6 Å². The van der Waals surface area contributed by atoms with E-state index in [1.807, 2.05) is 133 Å². The van der Waals surface area contributed by atoms with Gasteiger partial charge in [0.1, 0.15) is 22.9 Å². The maximum atomic E-state index is 10.7. The van der Waals surface area contributed by atoms with E-state index in [9.17, 15) is 35.1 Å². The third-order valence-corrected chi connectivity index (χ3v) is 7.16. The van der Waals surface area contributed by atoms with Gasteiger partial charge >= 0.3 is 0 Å². The van der Waals surface area contributed by atoms with Gasteiger partial charge in [0.05, 0.1) is 37.2 Å². The molecular formula is C47H72N10O7. The number of hydrogen-bond acceptors (Lipinski definition) is 12. The van der Waals surface area contributed by atoms with Crippen LogP contribution in [-0.4, -0.2) is 44.3 Å². The van der Waals surface area contributed by atoms with Gasteiger partial charge in [-0.05, 0) is 49.4 Å². The van der Waals surface area contributed by atoms with Crippen LogP contribution < -0.4 is 27.4 Å². The zero-order valence-corrected chi connectivity index (χ0v) is 40.3. The lowest BCUT2D eigenvalue weighted by Gasteiger charge is -2.01. The number of fused-ring (bicyclic) bond motifs is 1. The van der Waals surface area contributed by atoms with Crippen LogP contribution in [0.4, 0.5) is 45.5 Å². The highest BCUT2D eigenvalue weighted by molar-refractivity contribution is 5.91. The average molecular weight is 889 g/mol. The van der Waals surface area contributed by atoms with Crippen molar-refractivity contribution in [2.24, 2.45) is 7.05 Å². The van der Waals surface area contributed by atoms with Gasteiger partial charge in [-0.25, -0.2) is 4.98 Å². The standard InChI is InChI=1S/C9H10N2.C8H8N2O3.C7H8N2O2.C7H10N2.C6H6N2O2.5C2H6/c1-7-10-8-5-3-4-6-9(8)11(7)2;1-6(11)9-7-4-2-3-5-8(7)10(12)13;1-8-6-4-2-3-5-7(6)9(10)11;1-9-7-5-3-2-4-6(7)8;7-5-3-1-2-4-6(5)8(9)10;5*1-2/h3-6H,1-2H3;2-5H,1H3,(H,9,11);2-5,8H,1H3;2-5,9H,8H2,1H3;1-4H,7H2;5*1-2H3. The highest BCUT2D eigenvalue weighted by atomic mass is 16.6. The van der Waals surface area contributed by atoms with E-state index in [1.165, 1.54) is 42.8 Å². The Morgan fingerprint density at radius 1 is 0.531 bits per heavy atom. The summed E-state index contributed by atoms with van der Waals surface area (Å²) in [5.74, 6) is 0.737. The summed E-state index contributed by atoms with van der Waals surface area (Å²) in [6.45, 7) is 23.3. The molecule has 352 valence electrons. The lowest BCUT2D eigenvalue weighted by molar-refractivity contribution is -0.384. The van der Waals surface area contributed by atoms with Gasteiger partial charge in [0.2, 0.25) is 5.91 Å². The fraction of sp³-hybridized carbons (Fsp3) is 0.319. The van der Waals surface area contributed by atoms with Crippen molar-refractivity contribution >= 4 is 62.4 Å². The molecule has 0 aliphatic rings. The summed E-state index contributed by atoms with van der Waals surface area (Å²) in [5.41, 5.74) is 15.8. The number of rotatable bonds is 6. The molecule has 0 aliphatic heterocycles. The number of imidazole rings is 1. The molecule has 5 aromatic carbocycles. The summed E-state index contributed by atoms with van der Waals surface area (Å²) in [7, 11) is 5.54. The third-order valence-electron chi connectivity index (χ3n) is 7.16. The minimum absolute atomic E-state index is 0.0394. The van der Waals surface area contributed by atoms with Crippen LogP contribution in [0, 0.1) is 37.3 Å². The number of aromatic nitrogens is 2. The van der Waals surface area contributed by atoms with E-state index >= 15 is 0 Å². The van der Waals surface area contributed by atoms with Crippen LogP contribution >= 0.6 is 0 Å². The van der Waals surface area contributed by atoms with E-state index in [2.05, 4.69) is 31.6 Å². The number of benzene rings is 5. The smallest absolute Gasteiger partial charge is 0.292 e. The van der Waals surface area contributed by atoms with Crippen LogP contribution in [-0.2, 0) is 11.8 Å². The van der Waals surface area contributed by atoms with Gasteiger partial charge in [0, 0.05) is 46.3 Å². The fourth-order valence-corrected chi connectivity index (χ4v) is 4.42. The van der Waals surface area contributed by atoms with Crippen molar-refractivity contribution in [3.05, 3.63) is 157 Å². The van der Waals surface area contributed by atoms with Crippen molar-refractivity contribution in [1.29, 1.82) is 0 Å². The molecule has 0 bridgehead atoms. The van der Waals surface area contributed by atoms with E-state index in [4.69, 9.17) is 11.5 Å². The normalized spacial score (nSPS) is 8.48. The van der Waals surface area contributed by atoms with Crippen molar-refractivity contribution in [3.8, 4) is 0 Å². The molecule has 0 saturated carbocycles. The Bertz CT molecular complexity index is 2180. The summed E-state index contributed by atoms with van der Waals surface area (Å²) < 4.78 is 2.09. The minimum atomic E-state index is -0.536. The first kappa shape index (κ1) is 63.1. The number of para-hydroxylation sites is 10. The van der Waals surface area contributed by atoms with Crippen LogP contribution in [0.1, 0.15) is 82.0 Å². The number of nitrogen functional groups attached to an aromatic ring is 2. The van der Waals surface area contributed by atoms with Gasteiger partial charge in [-0.15, -0.1) is 0 Å². The molecule has 0 unspecified atom stereocenters. The molecule has 17 nitrogen and oxygen atoms in total. The van der Waals surface area contributed by atoms with E-state index in [1.54, 1.807) is 49.5 Å². The fourth-order valence-electron chi connectivity index (χ4n) is 4.42. The van der Waals surface area contributed by atoms with E-state index < -0.39 is 14.8 Å². The Labute approximate surface area is 379 Å². The third kappa shape index (κ3) is 24.6. The molecule has 6 rings (SSSR count). The highest BCUT2D eigenvalue weighted by Gasteiger charge is 2.12. The molecular weight excluding hydrogens is 817 g/mol. The Kier molecular flexibility index (Phi) is 39.0. The van der Waals surface area contributed by atoms with Gasteiger partial charge < -0.3 is 32.0 Å². The van der Waals surface area contributed by atoms with Crippen LogP contribution in [0.25, 0.3) is 11.0 Å². The molecule has 0 radical (unpaired) electrons. The molecule has 7 N–H and O–H groups in total. The summed E-state index contributed by atoms with van der Waals surface area (Å²) >= 11 is 0. The van der Waals surface area contributed by atoms with Crippen LogP contribution in [0.15, 0.2) is 121 Å². The number of nitrogens with one attached hydrogen (secondary N) is 3. The Hall–Kier alpha value is -7.56. The number of carbonyl (C=O) groups excluding carboxylic acids is 1. The number of nitro groups is 3. The molecule has 17 heteroatoms. The van der Waals surface area contributed by atoms with E-state index in [0.29, 0.717) is 5.69 Å². The number of anilines is 5. The van der Waals surface area contributed by atoms with E-state index in [-0.39, 0.29) is 34.3 Å². The molecule has 1 heterocycles. The number of hydrogen-bond donors (Lipinski definition) is 5. The van der Waals surface area contributed by atoms with Crippen molar-refractivity contribution in [2.75, 3.05) is 41.5 Å². The van der Waals surface area contributed by atoms with Crippen molar-refractivity contribution in [1.82, 2.24) is 9.55 Å². The summed E-state index contributed by atoms with van der Waals surface area (Å²) in [6, 6.07) is 34.4. The van der Waals surface area contributed by atoms with Crippen LogP contribution in [0.3, 0.4) is 0 Å². The maximum Gasteiger partial charge on any atom is 0.292 e. The zero-order valence-electron chi connectivity index (χ0n) is 40.3. The van der Waals surface area contributed by atoms with Gasteiger partial charge in [-0.2, -0.15) is 0 Å². The first-order valence-corrected chi connectivity index (χ1v) is 21.0. The second-order valence-corrected chi connectivity index (χ2v) is 10.8. The summed E-state index contributed by atoms with van der Waals surface area (Å²) in [5, 5.41) is 39.0. The number of aryl methyl sites for hydroxylation is 2. The van der Waals surface area contributed by atoms with Gasteiger partial charge in [-0.1, -0.05) is 130 Å². The largest absolute Gasteiger partial charge is 0.397 e. The lowest BCUT2D eigenvalue weighted by atomic mass is 10.2. The number of nitro benzene ring substituents is 3. The van der Waals surface area contributed by atoms with E-state index in [0.717, 1.165) is 22.7 Å². The molecule has 0 aliphatic carbocycles. The van der Waals surface area contributed by atoms with Gasteiger partial charge in [0.15, 0.2) is 0 Å². The highest BCUT2D eigenvalue weighted by Crippen LogP contribution is 2.23. The first-order chi connectivity index (χ1) is 30.7. The topological polar surface area (TPSA) is 252 Å². The van der Waals surface area contributed by atoms with Gasteiger partial charge in [-0.3, -0.25) is 35.1 Å². The number of nitrogens with zero attached hydrogens (tertiary/aromatic N) is 5. The SMILES string of the molecule is CC.CC.CC.CC.CC.CC(=O)Nc1ccccc1[N+](=O)[O-].CNc1ccccc1N.CNc1ccccc1[N+](=O)[O-].Cc1nc2ccccc2n1C.Nc1ccccc1[N+](=O)[O-]. The lowest BCUT2D eigenvalue weighted by Crippen LogP contribution is -2.07. The van der Waals surface area contributed by atoms with Crippen LogP contribution in [0.5, 0.6) is 0 Å². The van der Waals surface area contributed by atoms with Crippen molar-refractivity contribution in [2.45, 2.75) is 83.1 Å². The maximum absolute atomic E-state index is 10.7. The Balaban J connectivity index is -0.000000335.